The molecule has 17 heavy (non-hydrogen) atoms. The van der Waals surface area contributed by atoms with Gasteiger partial charge in [0.1, 0.15) is 17.4 Å². The number of halogens is 5. The lowest BCUT2D eigenvalue weighted by molar-refractivity contribution is 0.100. The molecule has 0 fully saturated rings. The Hall–Kier alpha value is -0.0475. The van der Waals surface area contributed by atoms with Gasteiger partial charge in [0, 0.05) is 12.1 Å². The van der Waals surface area contributed by atoms with Crippen molar-refractivity contribution >= 4 is 47.3 Å². The zero-order chi connectivity index (χ0) is 13.6. The lowest BCUT2D eigenvalue weighted by Gasteiger charge is -2.03. The van der Waals surface area contributed by atoms with E-state index < -0.39 is 34.4 Å². The molecule has 1 rings (SSSR count). The summed E-state index contributed by atoms with van der Waals surface area (Å²) in [6.45, 7) is 1.11. The molecule has 0 radical (unpaired) electrons. The SMILES string of the molecule is COc1cc(F)c(C(C)=O)c(F)c1.[Cl][Al]([Cl])[Cl]. The molecule has 0 amide bonds. The van der Waals surface area contributed by atoms with Crippen molar-refractivity contribution in [3.05, 3.63) is 29.3 Å². The van der Waals surface area contributed by atoms with Crippen LogP contribution in [0, 0.1) is 11.6 Å². The lowest BCUT2D eigenvalue weighted by atomic mass is 10.1. The molecule has 0 aromatic heterocycles. The second-order valence-corrected chi connectivity index (χ2v) is 9.20. The first-order valence-electron chi connectivity index (χ1n) is 4.25. The third kappa shape index (κ3) is 6.44. The van der Waals surface area contributed by atoms with Crippen LogP contribution in [0.1, 0.15) is 17.3 Å². The van der Waals surface area contributed by atoms with Gasteiger partial charge in [-0.25, -0.2) is 38.9 Å². The summed E-state index contributed by atoms with van der Waals surface area (Å²) in [5, 5.41) is 0. The van der Waals surface area contributed by atoms with Crippen LogP contribution in [0.5, 0.6) is 5.75 Å². The number of hydrogen-bond donors (Lipinski definition) is 0. The summed E-state index contributed by atoms with van der Waals surface area (Å²) in [5.41, 5.74) is -0.527. The minimum absolute atomic E-state index is 0.0556. The van der Waals surface area contributed by atoms with E-state index in [0.717, 1.165) is 19.1 Å². The van der Waals surface area contributed by atoms with Gasteiger partial charge < -0.3 is 4.74 Å². The van der Waals surface area contributed by atoms with Crippen LogP contribution in [0.25, 0.3) is 0 Å². The molecular weight excluding hydrogens is 311 g/mol. The van der Waals surface area contributed by atoms with Gasteiger partial charge in [-0.2, -0.15) is 0 Å². The summed E-state index contributed by atoms with van der Waals surface area (Å²) in [7, 11) is 16.1. The van der Waals surface area contributed by atoms with Crippen LogP contribution in [-0.2, 0) is 0 Å². The quantitative estimate of drug-likeness (QED) is 0.611. The fourth-order valence-corrected chi connectivity index (χ4v) is 1.00. The van der Waals surface area contributed by atoms with Crippen molar-refractivity contribution in [2.45, 2.75) is 6.92 Å². The second kappa shape index (κ2) is 8.12. The molecule has 1 aromatic rings. The van der Waals surface area contributed by atoms with E-state index in [1.54, 1.807) is 0 Å². The number of carbonyl (C=O) groups excluding carboxylic acids is 1. The van der Waals surface area contributed by atoms with E-state index in [1.165, 1.54) is 7.11 Å². The van der Waals surface area contributed by atoms with Crippen molar-refractivity contribution in [3.8, 4) is 5.75 Å². The third-order valence-electron chi connectivity index (χ3n) is 1.60. The Morgan fingerprint density at radius 2 is 1.59 bits per heavy atom. The molecule has 0 aliphatic heterocycles. The van der Waals surface area contributed by atoms with Crippen LogP contribution in [0.2, 0.25) is 0 Å². The zero-order valence-electron chi connectivity index (χ0n) is 8.94. The van der Waals surface area contributed by atoms with Crippen molar-refractivity contribution in [2.75, 3.05) is 7.11 Å². The summed E-state index contributed by atoms with van der Waals surface area (Å²) in [6, 6.07) is 1.94. The maximum absolute atomic E-state index is 13.0. The molecule has 94 valence electrons. The molecule has 0 aliphatic carbocycles. The van der Waals surface area contributed by atoms with Gasteiger partial charge in [-0.1, -0.05) is 0 Å². The highest BCUT2D eigenvalue weighted by Gasteiger charge is 2.15. The fraction of sp³-hybridized carbons (Fsp3) is 0.222. The molecule has 0 N–H and O–H groups in total. The molecule has 2 nitrogen and oxygen atoms in total. The highest BCUT2D eigenvalue weighted by atomic mass is 35.8. The van der Waals surface area contributed by atoms with E-state index in [1.807, 2.05) is 0 Å². The fourth-order valence-electron chi connectivity index (χ4n) is 1.00. The minimum atomic E-state index is -1.72. The number of hydrogen-bond acceptors (Lipinski definition) is 2. The molecule has 8 heteroatoms. The average Bonchev–Trinajstić information content (AvgIpc) is 2.14. The molecule has 0 heterocycles. The Balaban J connectivity index is 0.000000557. The van der Waals surface area contributed by atoms with Gasteiger partial charge >= 0.3 is 11.4 Å². The Kier molecular flexibility index (Phi) is 8.10. The Morgan fingerprint density at radius 1 is 1.24 bits per heavy atom. The molecular formula is C9H8AlCl3F2O2. The van der Waals surface area contributed by atoms with E-state index in [-0.39, 0.29) is 5.75 Å². The van der Waals surface area contributed by atoms with E-state index in [0.29, 0.717) is 0 Å². The zero-order valence-corrected chi connectivity index (χ0v) is 12.4. The molecule has 0 aliphatic rings. The van der Waals surface area contributed by atoms with Gasteiger partial charge in [-0.05, 0) is 6.92 Å². The summed E-state index contributed by atoms with van der Waals surface area (Å²) in [4.78, 5) is 10.8. The normalized spacial score (nSPS) is 9.12. The van der Waals surface area contributed by atoms with Crippen molar-refractivity contribution in [2.24, 2.45) is 0 Å². The van der Waals surface area contributed by atoms with Gasteiger partial charge in [-0.15, -0.1) is 0 Å². The molecule has 0 atom stereocenters. The van der Waals surface area contributed by atoms with Crippen LogP contribution < -0.4 is 4.74 Å². The molecule has 0 bridgehead atoms. The van der Waals surface area contributed by atoms with Crippen LogP contribution >= 0.6 is 30.1 Å². The number of methoxy groups -OCH3 is 1. The summed E-state index contributed by atoms with van der Waals surface area (Å²) in [5.74, 6) is -2.38. The van der Waals surface area contributed by atoms with Gasteiger partial charge in [-0.3, -0.25) is 4.79 Å². The summed E-state index contributed by atoms with van der Waals surface area (Å²) >= 11 is -1.72. The first-order chi connectivity index (χ1) is 7.79. The first kappa shape index (κ1) is 17.0. The second-order valence-electron chi connectivity index (χ2n) is 2.77. The van der Waals surface area contributed by atoms with Crippen molar-refractivity contribution in [3.63, 3.8) is 0 Å². The van der Waals surface area contributed by atoms with Crippen molar-refractivity contribution < 1.29 is 18.3 Å². The molecule has 0 saturated carbocycles. The number of Topliss-reactive ketones (excluding diaryl/α,β-unsaturated/α-hetero) is 1. The molecule has 1 aromatic carbocycles. The van der Waals surface area contributed by atoms with Crippen LogP contribution in [-0.4, -0.2) is 24.3 Å². The highest BCUT2D eigenvalue weighted by molar-refractivity contribution is 7.54. The molecule has 0 saturated heterocycles. The predicted molar refractivity (Wildman–Crippen MR) is 66.2 cm³/mol. The van der Waals surface area contributed by atoms with Crippen molar-refractivity contribution in [1.29, 1.82) is 0 Å². The summed E-state index contributed by atoms with van der Waals surface area (Å²) < 4.78 is 30.6. The lowest BCUT2D eigenvalue weighted by Crippen LogP contribution is -2.02. The molecule has 0 unspecified atom stereocenters. The van der Waals surface area contributed by atoms with Crippen LogP contribution in [0.15, 0.2) is 12.1 Å². The van der Waals surface area contributed by atoms with Gasteiger partial charge in [0.15, 0.2) is 5.78 Å². The molecule has 0 spiro atoms. The maximum Gasteiger partial charge on any atom is 0.643 e. The summed E-state index contributed by atoms with van der Waals surface area (Å²) in [6.07, 6.45) is 0. The van der Waals surface area contributed by atoms with Crippen LogP contribution in [0.3, 0.4) is 0 Å². The number of benzene rings is 1. The standard InChI is InChI=1S/C9H8F2O2.Al.3ClH/c1-5(12)9-7(10)3-6(13-2)4-8(9)11;;;;/h3-4H,1-2H3;;3*1H/q;+3;;;/p-3. The van der Waals surface area contributed by atoms with Crippen LogP contribution in [0.4, 0.5) is 8.78 Å². The average molecular weight is 319 g/mol. The maximum atomic E-state index is 13.0. The van der Waals surface area contributed by atoms with Gasteiger partial charge in [0.25, 0.3) is 0 Å². The topological polar surface area (TPSA) is 26.3 Å². The van der Waals surface area contributed by atoms with E-state index in [4.69, 9.17) is 30.1 Å². The minimum Gasteiger partial charge on any atom is -0.497 e. The highest BCUT2D eigenvalue weighted by Crippen LogP contribution is 2.20. The monoisotopic (exact) mass is 318 g/mol. The van der Waals surface area contributed by atoms with E-state index in [2.05, 4.69) is 4.74 Å². The smallest absolute Gasteiger partial charge is 0.497 e. The van der Waals surface area contributed by atoms with E-state index in [9.17, 15) is 13.6 Å². The van der Waals surface area contributed by atoms with Gasteiger partial charge in [0.05, 0.1) is 12.7 Å². The Labute approximate surface area is 114 Å². The van der Waals surface area contributed by atoms with E-state index >= 15 is 0 Å². The van der Waals surface area contributed by atoms with Crippen molar-refractivity contribution in [1.82, 2.24) is 0 Å². The number of rotatable bonds is 2. The number of ether oxygens (including phenoxy) is 1. The first-order valence-corrected chi connectivity index (χ1v) is 9.49. The number of carbonyl (C=O) groups is 1. The largest absolute Gasteiger partial charge is 0.643 e. The number of ketones is 1. The Morgan fingerprint density at radius 3 is 1.82 bits per heavy atom. The predicted octanol–water partition coefficient (Wildman–Crippen LogP) is 3.86. The Bertz CT molecular complexity index is 376. The van der Waals surface area contributed by atoms with Gasteiger partial charge in [0.2, 0.25) is 0 Å². The third-order valence-corrected chi connectivity index (χ3v) is 1.60.